The molecule has 1 aromatic heterocycles. The SMILES string of the molecule is O=CN1CCCC[C@H]1c1cccnc1NC1CC1. The lowest BCUT2D eigenvalue weighted by Gasteiger charge is -2.33. The Balaban J connectivity index is 1.86. The molecule has 0 unspecified atom stereocenters. The van der Waals surface area contributed by atoms with Crippen molar-refractivity contribution in [3.8, 4) is 0 Å². The fourth-order valence-electron chi connectivity index (χ4n) is 2.64. The van der Waals surface area contributed by atoms with E-state index in [0.29, 0.717) is 6.04 Å². The molecule has 1 saturated carbocycles. The van der Waals surface area contributed by atoms with Crippen LogP contribution in [0.15, 0.2) is 18.3 Å². The van der Waals surface area contributed by atoms with Crippen LogP contribution in [0.25, 0.3) is 0 Å². The highest BCUT2D eigenvalue weighted by Crippen LogP contribution is 2.34. The van der Waals surface area contributed by atoms with Gasteiger partial charge in [-0.05, 0) is 38.2 Å². The van der Waals surface area contributed by atoms with Crippen LogP contribution in [0.4, 0.5) is 5.82 Å². The highest BCUT2D eigenvalue weighted by atomic mass is 16.1. The molecule has 1 N–H and O–H groups in total. The molecule has 3 rings (SSSR count). The summed E-state index contributed by atoms with van der Waals surface area (Å²) in [7, 11) is 0. The summed E-state index contributed by atoms with van der Waals surface area (Å²) in [6.07, 6.45) is 8.62. The van der Waals surface area contributed by atoms with E-state index >= 15 is 0 Å². The van der Waals surface area contributed by atoms with Crippen molar-refractivity contribution in [1.82, 2.24) is 9.88 Å². The average Bonchev–Trinajstić information content (AvgIpc) is 3.23. The lowest BCUT2D eigenvalue weighted by atomic mass is 9.96. The molecule has 0 spiro atoms. The normalized spacial score (nSPS) is 23.8. The number of aromatic nitrogens is 1. The Hall–Kier alpha value is -1.58. The number of rotatable bonds is 4. The summed E-state index contributed by atoms with van der Waals surface area (Å²) in [5.74, 6) is 0.971. The topological polar surface area (TPSA) is 45.2 Å². The molecule has 1 atom stereocenters. The number of hydrogen-bond acceptors (Lipinski definition) is 3. The summed E-state index contributed by atoms with van der Waals surface area (Å²) in [5, 5.41) is 3.47. The van der Waals surface area contributed by atoms with Crippen molar-refractivity contribution in [2.75, 3.05) is 11.9 Å². The van der Waals surface area contributed by atoms with Crippen LogP contribution < -0.4 is 5.32 Å². The molecule has 1 aliphatic heterocycles. The van der Waals surface area contributed by atoms with Crippen LogP contribution in [0.3, 0.4) is 0 Å². The van der Waals surface area contributed by atoms with Crippen molar-refractivity contribution >= 4 is 12.2 Å². The molecule has 1 aliphatic carbocycles. The van der Waals surface area contributed by atoms with E-state index < -0.39 is 0 Å². The summed E-state index contributed by atoms with van der Waals surface area (Å²) in [4.78, 5) is 17.5. The number of likely N-dealkylation sites (tertiary alicyclic amines) is 1. The van der Waals surface area contributed by atoms with Crippen molar-refractivity contribution in [2.24, 2.45) is 0 Å². The van der Waals surface area contributed by atoms with Crippen LogP contribution >= 0.6 is 0 Å². The maximum atomic E-state index is 11.2. The van der Waals surface area contributed by atoms with Crippen LogP contribution in [0.5, 0.6) is 0 Å². The summed E-state index contributed by atoms with van der Waals surface area (Å²) in [6, 6.07) is 4.85. The lowest BCUT2D eigenvalue weighted by molar-refractivity contribution is -0.121. The van der Waals surface area contributed by atoms with E-state index in [-0.39, 0.29) is 6.04 Å². The van der Waals surface area contributed by atoms with Gasteiger partial charge in [0, 0.05) is 24.3 Å². The smallest absolute Gasteiger partial charge is 0.210 e. The monoisotopic (exact) mass is 245 g/mol. The van der Waals surface area contributed by atoms with E-state index in [1.165, 1.54) is 24.8 Å². The van der Waals surface area contributed by atoms with Crippen LogP contribution in [0, 0.1) is 0 Å². The van der Waals surface area contributed by atoms with Gasteiger partial charge in [-0.3, -0.25) is 4.79 Å². The lowest BCUT2D eigenvalue weighted by Crippen LogP contribution is -2.32. The molecule has 18 heavy (non-hydrogen) atoms. The van der Waals surface area contributed by atoms with E-state index in [4.69, 9.17) is 0 Å². The number of carbonyl (C=O) groups excluding carboxylic acids is 1. The number of nitrogens with zero attached hydrogens (tertiary/aromatic N) is 2. The van der Waals surface area contributed by atoms with Crippen molar-refractivity contribution < 1.29 is 4.79 Å². The first kappa shape index (κ1) is 11.5. The number of nitrogens with one attached hydrogen (secondary N) is 1. The second-order valence-corrected chi connectivity index (χ2v) is 5.21. The maximum absolute atomic E-state index is 11.2. The highest BCUT2D eigenvalue weighted by molar-refractivity contribution is 5.53. The van der Waals surface area contributed by atoms with Gasteiger partial charge in [-0.15, -0.1) is 0 Å². The fourth-order valence-corrected chi connectivity index (χ4v) is 2.64. The molecule has 2 heterocycles. The van der Waals surface area contributed by atoms with Gasteiger partial charge in [0.1, 0.15) is 5.82 Å². The number of anilines is 1. The zero-order chi connectivity index (χ0) is 12.4. The van der Waals surface area contributed by atoms with Gasteiger partial charge in [0.25, 0.3) is 0 Å². The Morgan fingerprint density at radius 1 is 1.33 bits per heavy atom. The van der Waals surface area contributed by atoms with Crippen molar-refractivity contribution in [2.45, 2.75) is 44.2 Å². The third-order valence-electron chi connectivity index (χ3n) is 3.80. The Kier molecular flexibility index (Phi) is 3.17. The molecule has 4 nitrogen and oxygen atoms in total. The van der Waals surface area contributed by atoms with E-state index in [1.54, 1.807) is 0 Å². The van der Waals surface area contributed by atoms with E-state index in [9.17, 15) is 4.79 Å². The van der Waals surface area contributed by atoms with Gasteiger partial charge in [0.2, 0.25) is 6.41 Å². The van der Waals surface area contributed by atoms with Crippen LogP contribution in [-0.2, 0) is 4.79 Å². The quantitative estimate of drug-likeness (QED) is 0.828. The molecule has 1 amide bonds. The minimum Gasteiger partial charge on any atom is -0.367 e. The second-order valence-electron chi connectivity index (χ2n) is 5.21. The summed E-state index contributed by atoms with van der Waals surface area (Å²) < 4.78 is 0. The Labute approximate surface area is 107 Å². The van der Waals surface area contributed by atoms with E-state index in [0.717, 1.165) is 31.6 Å². The van der Waals surface area contributed by atoms with E-state index in [1.807, 2.05) is 17.2 Å². The van der Waals surface area contributed by atoms with Gasteiger partial charge in [-0.25, -0.2) is 4.98 Å². The van der Waals surface area contributed by atoms with Crippen LogP contribution in [0.1, 0.15) is 43.7 Å². The number of carbonyl (C=O) groups is 1. The minimum absolute atomic E-state index is 0.200. The third-order valence-corrected chi connectivity index (χ3v) is 3.80. The standard InChI is InChI=1S/C14H19N3O/c18-10-17-9-2-1-5-13(17)12-4-3-8-15-14(12)16-11-6-7-11/h3-4,8,10-11,13H,1-2,5-7,9H2,(H,15,16)/t13-/m0/s1. The first-order valence-electron chi connectivity index (χ1n) is 6.81. The molecule has 0 bridgehead atoms. The Morgan fingerprint density at radius 2 is 2.22 bits per heavy atom. The summed E-state index contributed by atoms with van der Waals surface area (Å²) in [5.41, 5.74) is 1.18. The molecular formula is C14H19N3O. The number of amides is 1. The molecule has 0 aromatic carbocycles. The highest BCUT2D eigenvalue weighted by Gasteiger charge is 2.28. The predicted molar refractivity (Wildman–Crippen MR) is 70.2 cm³/mol. The van der Waals surface area contributed by atoms with Crippen LogP contribution in [-0.4, -0.2) is 28.9 Å². The van der Waals surface area contributed by atoms with Gasteiger partial charge >= 0.3 is 0 Å². The summed E-state index contributed by atoms with van der Waals surface area (Å²) >= 11 is 0. The van der Waals surface area contributed by atoms with Crippen molar-refractivity contribution in [1.29, 1.82) is 0 Å². The predicted octanol–water partition coefficient (Wildman–Crippen LogP) is 2.34. The van der Waals surface area contributed by atoms with Crippen LogP contribution in [0.2, 0.25) is 0 Å². The molecule has 96 valence electrons. The third kappa shape index (κ3) is 2.33. The molecule has 1 saturated heterocycles. The number of pyridine rings is 1. The van der Waals surface area contributed by atoms with Gasteiger partial charge in [0.05, 0.1) is 6.04 Å². The largest absolute Gasteiger partial charge is 0.367 e. The molecule has 1 aromatic rings. The van der Waals surface area contributed by atoms with Gasteiger partial charge < -0.3 is 10.2 Å². The van der Waals surface area contributed by atoms with Gasteiger partial charge in [-0.1, -0.05) is 6.07 Å². The Bertz CT molecular complexity index is 431. The summed E-state index contributed by atoms with van der Waals surface area (Å²) in [6.45, 7) is 0.867. The fraction of sp³-hybridized carbons (Fsp3) is 0.571. The molecular weight excluding hydrogens is 226 g/mol. The van der Waals surface area contributed by atoms with Crippen molar-refractivity contribution in [3.63, 3.8) is 0 Å². The van der Waals surface area contributed by atoms with Gasteiger partial charge in [-0.2, -0.15) is 0 Å². The maximum Gasteiger partial charge on any atom is 0.210 e. The second kappa shape index (κ2) is 4.96. The van der Waals surface area contributed by atoms with Crippen molar-refractivity contribution in [3.05, 3.63) is 23.9 Å². The molecule has 2 fully saturated rings. The zero-order valence-electron chi connectivity index (χ0n) is 10.5. The zero-order valence-corrected chi connectivity index (χ0v) is 10.5. The number of piperidine rings is 1. The Morgan fingerprint density at radius 3 is 3.00 bits per heavy atom. The van der Waals surface area contributed by atoms with Gasteiger partial charge in [0.15, 0.2) is 0 Å². The first-order valence-corrected chi connectivity index (χ1v) is 6.81. The van der Waals surface area contributed by atoms with E-state index in [2.05, 4.69) is 16.4 Å². The average molecular weight is 245 g/mol. The molecule has 2 aliphatic rings. The number of hydrogen-bond donors (Lipinski definition) is 1. The molecule has 0 radical (unpaired) electrons. The minimum atomic E-state index is 0.200. The first-order chi connectivity index (χ1) is 8.88. The molecule has 4 heteroatoms.